The summed E-state index contributed by atoms with van der Waals surface area (Å²) in [5.74, 6) is 0. The summed E-state index contributed by atoms with van der Waals surface area (Å²) in [6.07, 6.45) is 8.77. The van der Waals surface area contributed by atoms with Crippen LogP contribution < -0.4 is 9.80 Å². The van der Waals surface area contributed by atoms with Gasteiger partial charge in [0.05, 0.1) is 0 Å². The van der Waals surface area contributed by atoms with Crippen LogP contribution in [-0.2, 0) is 20.1 Å². The molecule has 1 heterocycles. The monoisotopic (exact) mass is 465 g/mol. The molecule has 3 heteroatoms. The largest absolute Gasteiger partial charge is 0.516 e. The fourth-order valence-electron chi connectivity index (χ4n) is 2.99. The van der Waals surface area contributed by atoms with Gasteiger partial charge in [-0.3, -0.25) is 0 Å². The van der Waals surface area contributed by atoms with Gasteiger partial charge in [0.15, 0.2) is 0 Å². The number of fused-ring (bicyclic) bond motifs is 1. The van der Waals surface area contributed by atoms with Gasteiger partial charge >= 0.3 is 0 Å². The number of anilines is 2. The molecule has 0 spiro atoms. The van der Waals surface area contributed by atoms with Gasteiger partial charge in [-0.25, -0.2) is 0 Å². The summed E-state index contributed by atoms with van der Waals surface area (Å²) in [5, 5.41) is 0. The third-order valence-electron chi connectivity index (χ3n) is 3.99. The van der Waals surface area contributed by atoms with Crippen LogP contribution in [0.3, 0.4) is 0 Å². The van der Waals surface area contributed by atoms with E-state index in [0.29, 0.717) is 12.1 Å². The predicted molar refractivity (Wildman–Crippen MR) is 86.8 cm³/mol. The summed E-state index contributed by atoms with van der Waals surface area (Å²) in [5.41, 5.74) is 2.32. The second-order valence-corrected chi connectivity index (χ2v) is 5.26. The van der Waals surface area contributed by atoms with E-state index in [2.05, 4.69) is 89.3 Å². The first-order valence-corrected chi connectivity index (χ1v) is 7.22. The van der Waals surface area contributed by atoms with E-state index in [-0.39, 0.29) is 20.1 Å². The molecule has 2 aliphatic rings. The summed E-state index contributed by atoms with van der Waals surface area (Å²) < 4.78 is 0. The molecule has 4 rings (SSSR count). The van der Waals surface area contributed by atoms with Gasteiger partial charge in [0.2, 0.25) is 0 Å². The van der Waals surface area contributed by atoms with Crippen molar-refractivity contribution in [3.8, 4) is 0 Å². The standard InChI is InChI=1S/C19H16N2.Ir/c1-3-9-16(10-4-1)20-15-21(17-11-5-2-6-12-17)19-14-8-7-13-18(19)20;/h1-11,13-15,18-19H;/q-2;. The van der Waals surface area contributed by atoms with Gasteiger partial charge in [-0.15, -0.1) is 5.69 Å². The number of hydrogen-bond acceptors (Lipinski definition) is 2. The SMILES string of the molecule is [Ir].[c-]1ccccc1N1[CH-]N(c2ccccc2)C2C=CC=CC21. The van der Waals surface area contributed by atoms with Crippen LogP contribution in [0.25, 0.3) is 0 Å². The van der Waals surface area contributed by atoms with Crippen LogP contribution in [0.2, 0.25) is 0 Å². The number of para-hydroxylation sites is 2. The quantitative estimate of drug-likeness (QED) is 0.624. The zero-order chi connectivity index (χ0) is 14.1. The normalized spacial score (nSPS) is 22.4. The Hall–Kier alpha value is -1.83. The Morgan fingerprint density at radius 3 is 2.18 bits per heavy atom. The third kappa shape index (κ3) is 2.63. The molecule has 1 fully saturated rings. The molecule has 2 aromatic rings. The van der Waals surface area contributed by atoms with Gasteiger partial charge in [-0.05, 0) is 12.1 Å². The predicted octanol–water partition coefficient (Wildman–Crippen LogP) is 3.79. The topological polar surface area (TPSA) is 6.48 Å². The summed E-state index contributed by atoms with van der Waals surface area (Å²) in [7, 11) is 0. The van der Waals surface area contributed by atoms with Gasteiger partial charge < -0.3 is 9.80 Å². The number of rotatable bonds is 2. The van der Waals surface area contributed by atoms with Crippen LogP contribution in [0.4, 0.5) is 11.4 Å². The van der Waals surface area contributed by atoms with Crippen LogP contribution in [0, 0.1) is 12.7 Å². The molecule has 22 heavy (non-hydrogen) atoms. The van der Waals surface area contributed by atoms with Crippen LogP contribution in [0.5, 0.6) is 0 Å². The minimum absolute atomic E-state index is 0. The smallest absolute Gasteiger partial charge is 0.0427 e. The molecule has 2 aromatic carbocycles. The molecule has 0 bridgehead atoms. The van der Waals surface area contributed by atoms with Crippen molar-refractivity contribution >= 4 is 11.4 Å². The van der Waals surface area contributed by atoms with Gasteiger partial charge in [-0.1, -0.05) is 42.5 Å². The van der Waals surface area contributed by atoms with E-state index in [4.69, 9.17) is 0 Å². The molecule has 0 N–H and O–H groups in total. The zero-order valence-electron chi connectivity index (χ0n) is 12.0. The molecular formula is C19H16IrN2-2. The van der Waals surface area contributed by atoms with Gasteiger partial charge in [0, 0.05) is 37.9 Å². The molecular weight excluding hydrogens is 448 g/mol. The van der Waals surface area contributed by atoms with E-state index in [1.165, 1.54) is 5.69 Å². The molecule has 2 atom stereocenters. The Morgan fingerprint density at radius 2 is 1.50 bits per heavy atom. The first-order valence-electron chi connectivity index (χ1n) is 7.22. The summed E-state index contributed by atoms with van der Waals surface area (Å²) in [4.78, 5) is 4.61. The van der Waals surface area contributed by atoms with E-state index in [1.807, 2.05) is 12.1 Å². The molecule has 0 saturated carbocycles. The minimum atomic E-state index is 0. The van der Waals surface area contributed by atoms with E-state index < -0.39 is 0 Å². The van der Waals surface area contributed by atoms with Crippen molar-refractivity contribution < 1.29 is 20.1 Å². The first-order chi connectivity index (χ1) is 10.4. The van der Waals surface area contributed by atoms with E-state index in [9.17, 15) is 0 Å². The molecule has 1 saturated heterocycles. The molecule has 0 amide bonds. The molecule has 1 aliphatic heterocycles. The molecule has 1 aliphatic carbocycles. The van der Waals surface area contributed by atoms with Crippen LogP contribution in [0.15, 0.2) is 78.9 Å². The zero-order valence-corrected chi connectivity index (χ0v) is 14.4. The average molecular weight is 465 g/mol. The van der Waals surface area contributed by atoms with Crippen molar-refractivity contribution in [3.05, 3.63) is 91.6 Å². The maximum absolute atomic E-state index is 3.33. The van der Waals surface area contributed by atoms with Crippen molar-refractivity contribution in [2.45, 2.75) is 12.1 Å². The van der Waals surface area contributed by atoms with Gasteiger partial charge in [0.25, 0.3) is 0 Å². The number of hydrogen-bond donors (Lipinski definition) is 0. The van der Waals surface area contributed by atoms with Crippen molar-refractivity contribution in [1.29, 1.82) is 0 Å². The summed E-state index contributed by atoms with van der Waals surface area (Å²) in [6.45, 7) is 2.19. The fourth-order valence-corrected chi connectivity index (χ4v) is 2.99. The molecule has 2 unspecified atom stereocenters. The average Bonchev–Trinajstić information content (AvgIpc) is 2.96. The maximum atomic E-state index is 3.33. The first kappa shape index (κ1) is 15.1. The van der Waals surface area contributed by atoms with E-state index in [0.717, 1.165) is 5.69 Å². The fraction of sp³-hybridized carbons (Fsp3) is 0.105. The van der Waals surface area contributed by atoms with Crippen molar-refractivity contribution in [1.82, 2.24) is 0 Å². The number of benzene rings is 2. The summed E-state index contributed by atoms with van der Waals surface area (Å²) in [6, 6.07) is 22.6. The second-order valence-electron chi connectivity index (χ2n) is 5.26. The van der Waals surface area contributed by atoms with E-state index >= 15 is 0 Å². The number of nitrogens with zero attached hydrogens (tertiary/aromatic N) is 2. The maximum Gasteiger partial charge on any atom is 0.0427 e. The Kier molecular flexibility index (Phi) is 4.46. The second kappa shape index (κ2) is 6.51. The van der Waals surface area contributed by atoms with Crippen molar-refractivity contribution in [3.63, 3.8) is 0 Å². The summed E-state index contributed by atoms with van der Waals surface area (Å²) >= 11 is 0. The van der Waals surface area contributed by atoms with Crippen LogP contribution >= 0.6 is 0 Å². The molecule has 113 valence electrons. The van der Waals surface area contributed by atoms with Crippen LogP contribution in [0.1, 0.15) is 0 Å². The van der Waals surface area contributed by atoms with Crippen molar-refractivity contribution in [2.75, 3.05) is 9.80 Å². The molecule has 1 radical (unpaired) electrons. The van der Waals surface area contributed by atoms with E-state index in [1.54, 1.807) is 0 Å². The molecule has 0 aromatic heterocycles. The Morgan fingerprint density at radius 1 is 0.818 bits per heavy atom. The Bertz CT molecular complexity index is 607. The van der Waals surface area contributed by atoms with Gasteiger partial charge in [0.1, 0.15) is 0 Å². The minimum Gasteiger partial charge on any atom is -0.516 e. The van der Waals surface area contributed by atoms with Gasteiger partial charge in [-0.2, -0.15) is 37.0 Å². The Labute approximate surface area is 145 Å². The van der Waals surface area contributed by atoms with Crippen molar-refractivity contribution in [2.24, 2.45) is 0 Å². The number of allylic oxidation sites excluding steroid dienone is 2. The molecule has 2 nitrogen and oxygen atoms in total. The third-order valence-corrected chi connectivity index (χ3v) is 3.99. The Balaban J connectivity index is 0.00000144. The van der Waals surface area contributed by atoms with Crippen LogP contribution in [-0.4, -0.2) is 12.1 Å².